The molecular formula is C20H29NO5. The molecule has 6 nitrogen and oxygen atoms in total. The predicted molar refractivity (Wildman–Crippen MR) is 97.3 cm³/mol. The van der Waals surface area contributed by atoms with Gasteiger partial charge < -0.3 is 14.6 Å². The molecule has 1 saturated carbocycles. The number of hydrogen-bond acceptors (Lipinski definition) is 5. The number of carbonyl (C=O) groups is 2. The minimum absolute atomic E-state index is 0. The van der Waals surface area contributed by atoms with E-state index in [1.807, 2.05) is 30.3 Å². The van der Waals surface area contributed by atoms with Crippen LogP contribution >= 0.6 is 0 Å². The third kappa shape index (κ3) is 3.85. The lowest BCUT2D eigenvalue weighted by Crippen LogP contribution is -2.44. The van der Waals surface area contributed by atoms with E-state index in [1.54, 1.807) is 13.8 Å². The van der Waals surface area contributed by atoms with Gasteiger partial charge in [-0.3, -0.25) is 4.90 Å². The minimum Gasteiger partial charge on any atom is -0.464 e. The molecule has 6 heteroatoms. The summed E-state index contributed by atoms with van der Waals surface area (Å²) in [6.07, 6.45) is 0.793. The Labute approximate surface area is 155 Å². The van der Waals surface area contributed by atoms with Crippen LogP contribution in [-0.2, 0) is 20.9 Å². The molecule has 0 spiro atoms. The monoisotopic (exact) mass is 363 g/mol. The number of likely N-dealkylation sites (tertiary alicyclic amines) is 1. The molecule has 1 saturated heterocycles. The summed E-state index contributed by atoms with van der Waals surface area (Å²) in [6.45, 7) is 4.24. The number of hydrogen-bond donors (Lipinski definition) is 1. The van der Waals surface area contributed by atoms with Gasteiger partial charge in [-0.05, 0) is 38.2 Å². The fraction of sp³-hybridized carbons (Fsp3) is 0.600. The van der Waals surface area contributed by atoms with E-state index in [2.05, 4.69) is 0 Å². The van der Waals surface area contributed by atoms with Crippen LogP contribution < -0.4 is 0 Å². The molecule has 1 heterocycles. The summed E-state index contributed by atoms with van der Waals surface area (Å²) in [5.74, 6) is -0.631. The molecule has 3 rings (SSSR count). The number of rotatable bonds is 4. The molecule has 2 aliphatic rings. The lowest BCUT2D eigenvalue weighted by atomic mass is 9.87. The molecule has 0 radical (unpaired) electrons. The average molecular weight is 363 g/mol. The number of ether oxygens (including phenoxy) is 2. The highest BCUT2D eigenvalue weighted by atomic mass is 16.6. The lowest BCUT2D eigenvalue weighted by molar-refractivity contribution is -0.149. The Balaban J connectivity index is 0.00000243. The molecule has 144 valence electrons. The maximum Gasteiger partial charge on any atom is 0.410 e. The molecule has 0 unspecified atom stereocenters. The SMILES string of the molecule is C.CCOC(=O)[C@@H]1[C@H]2CC[C@@](C)(O)[C@H]2CN1C(=O)OCc1ccccc1. The molecule has 26 heavy (non-hydrogen) atoms. The van der Waals surface area contributed by atoms with Gasteiger partial charge in [-0.15, -0.1) is 0 Å². The van der Waals surface area contributed by atoms with Crippen LogP contribution in [0, 0.1) is 11.8 Å². The third-order valence-electron chi connectivity index (χ3n) is 5.40. The van der Waals surface area contributed by atoms with Crippen molar-refractivity contribution >= 4 is 12.1 Å². The summed E-state index contributed by atoms with van der Waals surface area (Å²) in [7, 11) is 0. The highest BCUT2D eigenvalue weighted by Gasteiger charge is 2.58. The van der Waals surface area contributed by atoms with Gasteiger partial charge in [0, 0.05) is 12.5 Å². The zero-order chi connectivity index (χ0) is 18.0. The van der Waals surface area contributed by atoms with Gasteiger partial charge in [0.15, 0.2) is 0 Å². The number of benzene rings is 1. The second kappa shape index (κ2) is 8.08. The van der Waals surface area contributed by atoms with Gasteiger partial charge in [0.2, 0.25) is 0 Å². The van der Waals surface area contributed by atoms with Gasteiger partial charge in [-0.2, -0.15) is 0 Å². The normalized spacial score (nSPS) is 29.7. The second-order valence-corrected chi connectivity index (χ2v) is 7.06. The van der Waals surface area contributed by atoms with Crippen LogP contribution in [0.25, 0.3) is 0 Å². The quantitative estimate of drug-likeness (QED) is 0.832. The standard InChI is InChI=1S/C19H25NO5.CH4/c1-3-24-17(21)16-14-9-10-19(2,23)15(14)11-20(16)18(22)25-12-13-7-5-4-6-8-13;/h4-8,14-16,23H,3,9-12H2,1-2H3;1H4/t14-,15-,16-,19+;/m0./s1. The van der Waals surface area contributed by atoms with Gasteiger partial charge in [0.05, 0.1) is 12.2 Å². The summed E-state index contributed by atoms with van der Waals surface area (Å²) in [5.41, 5.74) is 0.0130. The molecule has 0 aromatic heterocycles. The number of carbonyl (C=O) groups excluding carboxylic acids is 2. The first-order valence-electron chi connectivity index (χ1n) is 8.80. The van der Waals surface area contributed by atoms with Gasteiger partial charge in [-0.25, -0.2) is 9.59 Å². The Kier molecular flexibility index (Phi) is 6.29. The topological polar surface area (TPSA) is 76.1 Å². The molecule has 1 amide bonds. The summed E-state index contributed by atoms with van der Waals surface area (Å²) >= 11 is 0. The van der Waals surface area contributed by atoms with E-state index < -0.39 is 23.7 Å². The van der Waals surface area contributed by atoms with Crippen molar-refractivity contribution in [3.05, 3.63) is 35.9 Å². The number of nitrogens with zero attached hydrogens (tertiary/aromatic N) is 1. The van der Waals surface area contributed by atoms with Crippen LogP contribution in [0.5, 0.6) is 0 Å². The predicted octanol–water partition coefficient (Wildman–Crippen LogP) is 2.98. The Morgan fingerprint density at radius 1 is 1.27 bits per heavy atom. The Bertz CT molecular complexity index is 630. The number of amides is 1. The van der Waals surface area contributed by atoms with Crippen molar-refractivity contribution in [2.24, 2.45) is 11.8 Å². The molecule has 4 atom stereocenters. The van der Waals surface area contributed by atoms with Gasteiger partial charge in [0.25, 0.3) is 0 Å². The zero-order valence-corrected chi connectivity index (χ0v) is 14.7. The van der Waals surface area contributed by atoms with Crippen molar-refractivity contribution in [1.29, 1.82) is 0 Å². The van der Waals surface area contributed by atoms with Gasteiger partial charge in [-0.1, -0.05) is 37.8 Å². The Morgan fingerprint density at radius 3 is 2.62 bits per heavy atom. The highest BCUT2D eigenvalue weighted by molar-refractivity contribution is 5.82. The molecule has 1 aliphatic heterocycles. The molecule has 2 fully saturated rings. The highest BCUT2D eigenvalue weighted by Crippen LogP contribution is 2.48. The number of esters is 1. The minimum atomic E-state index is -0.871. The van der Waals surface area contributed by atoms with Crippen molar-refractivity contribution in [1.82, 2.24) is 4.90 Å². The first-order valence-corrected chi connectivity index (χ1v) is 8.80. The van der Waals surface area contributed by atoms with Crippen molar-refractivity contribution in [3.8, 4) is 0 Å². The first kappa shape index (κ1) is 20.2. The van der Waals surface area contributed by atoms with Crippen LogP contribution in [0.15, 0.2) is 30.3 Å². The van der Waals surface area contributed by atoms with Crippen molar-refractivity contribution < 1.29 is 24.2 Å². The van der Waals surface area contributed by atoms with Gasteiger partial charge >= 0.3 is 12.1 Å². The molecular weight excluding hydrogens is 334 g/mol. The molecule has 1 aliphatic carbocycles. The Morgan fingerprint density at radius 2 is 1.96 bits per heavy atom. The van der Waals surface area contributed by atoms with Crippen molar-refractivity contribution in [2.75, 3.05) is 13.2 Å². The summed E-state index contributed by atoms with van der Waals surface area (Å²) in [6, 6.07) is 8.72. The summed E-state index contributed by atoms with van der Waals surface area (Å²) in [4.78, 5) is 26.5. The van der Waals surface area contributed by atoms with E-state index in [-0.39, 0.29) is 32.5 Å². The van der Waals surface area contributed by atoms with E-state index in [4.69, 9.17) is 9.47 Å². The van der Waals surface area contributed by atoms with Crippen LogP contribution in [0.2, 0.25) is 0 Å². The molecule has 1 N–H and O–H groups in total. The second-order valence-electron chi connectivity index (χ2n) is 7.06. The van der Waals surface area contributed by atoms with E-state index >= 15 is 0 Å². The van der Waals surface area contributed by atoms with E-state index in [0.29, 0.717) is 19.4 Å². The first-order chi connectivity index (χ1) is 11.9. The Hall–Kier alpha value is -2.08. The van der Waals surface area contributed by atoms with Crippen molar-refractivity contribution in [3.63, 3.8) is 0 Å². The van der Waals surface area contributed by atoms with E-state index in [1.165, 1.54) is 4.90 Å². The van der Waals surface area contributed by atoms with Crippen LogP contribution in [0.1, 0.15) is 39.7 Å². The zero-order valence-electron chi connectivity index (χ0n) is 14.7. The van der Waals surface area contributed by atoms with Crippen LogP contribution in [0.3, 0.4) is 0 Å². The molecule has 0 bridgehead atoms. The van der Waals surface area contributed by atoms with Gasteiger partial charge in [0.1, 0.15) is 12.6 Å². The molecule has 1 aromatic rings. The summed E-state index contributed by atoms with van der Waals surface area (Å²) in [5, 5.41) is 10.6. The largest absolute Gasteiger partial charge is 0.464 e. The maximum absolute atomic E-state index is 12.6. The van der Waals surface area contributed by atoms with Crippen LogP contribution in [0.4, 0.5) is 4.79 Å². The molecule has 1 aromatic carbocycles. The smallest absolute Gasteiger partial charge is 0.410 e. The maximum atomic E-state index is 12.6. The van der Waals surface area contributed by atoms with E-state index in [9.17, 15) is 14.7 Å². The van der Waals surface area contributed by atoms with Crippen LogP contribution in [-0.4, -0.2) is 46.9 Å². The average Bonchev–Trinajstić information content (AvgIpc) is 3.12. The number of fused-ring (bicyclic) bond motifs is 1. The fourth-order valence-electron chi connectivity index (χ4n) is 4.09. The number of aliphatic hydroxyl groups is 1. The third-order valence-corrected chi connectivity index (χ3v) is 5.40. The summed E-state index contributed by atoms with van der Waals surface area (Å²) < 4.78 is 10.6. The lowest BCUT2D eigenvalue weighted by Gasteiger charge is -2.26. The fourth-order valence-corrected chi connectivity index (χ4v) is 4.09. The van der Waals surface area contributed by atoms with E-state index in [0.717, 1.165) is 5.56 Å². The van der Waals surface area contributed by atoms with Crippen molar-refractivity contribution in [2.45, 2.75) is 52.4 Å².